The van der Waals surface area contributed by atoms with Gasteiger partial charge < -0.3 is 10.1 Å². The van der Waals surface area contributed by atoms with Gasteiger partial charge in [0.2, 0.25) is 0 Å². The number of nitrogens with one attached hydrogen (secondary N) is 1. The van der Waals surface area contributed by atoms with E-state index in [1.54, 1.807) is 12.1 Å². The lowest BCUT2D eigenvalue weighted by atomic mass is 10.2. The zero-order valence-corrected chi connectivity index (χ0v) is 12.9. The molecule has 116 valence electrons. The second-order valence-corrected chi connectivity index (χ2v) is 6.65. The number of ether oxygens (including phenoxy) is 1. The Morgan fingerprint density at radius 1 is 1.41 bits per heavy atom. The van der Waals surface area contributed by atoms with E-state index in [4.69, 9.17) is 4.74 Å². The van der Waals surface area contributed by atoms with Crippen LogP contribution in [0.4, 0.5) is 4.39 Å². The summed E-state index contributed by atoms with van der Waals surface area (Å²) < 4.78 is 19.0. The van der Waals surface area contributed by atoms with Crippen molar-refractivity contribution in [3.05, 3.63) is 35.0 Å². The first-order chi connectivity index (χ1) is 10.5. The maximum absolute atomic E-state index is 13.1. The smallest absolute Gasteiger partial charge is 0.348 e. The van der Waals surface area contributed by atoms with Crippen molar-refractivity contribution in [2.24, 2.45) is 5.92 Å². The maximum Gasteiger partial charge on any atom is 0.348 e. The average molecular weight is 321 g/mol. The van der Waals surface area contributed by atoms with Crippen LogP contribution < -0.4 is 5.32 Å². The molecule has 0 radical (unpaired) electrons. The van der Waals surface area contributed by atoms with Crippen LogP contribution in [0.25, 0.3) is 10.1 Å². The number of rotatable bonds is 5. The van der Waals surface area contributed by atoms with Crippen molar-refractivity contribution in [2.45, 2.75) is 25.8 Å². The van der Waals surface area contributed by atoms with Gasteiger partial charge in [0.15, 0.2) is 6.61 Å². The van der Waals surface area contributed by atoms with Crippen molar-refractivity contribution in [3.63, 3.8) is 0 Å². The molecule has 1 heterocycles. The van der Waals surface area contributed by atoms with Gasteiger partial charge in [-0.15, -0.1) is 11.3 Å². The van der Waals surface area contributed by atoms with Crippen molar-refractivity contribution < 1.29 is 18.7 Å². The highest BCUT2D eigenvalue weighted by Crippen LogP contribution is 2.32. The van der Waals surface area contributed by atoms with Gasteiger partial charge in [0.05, 0.1) is 0 Å². The molecule has 4 nitrogen and oxygen atoms in total. The summed E-state index contributed by atoms with van der Waals surface area (Å²) in [5.41, 5.74) is 0. The molecule has 1 amide bonds. The van der Waals surface area contributed by atoms with Crippen molar-refractivity contribution >= 4 is 33.3 Å². The molecule has 1 fully saturated rings. The van der Waals surface area contributed by atoms with Gasteiger partial charge in [0.1, 0.15) is 10.7 Å². The molecule has 1 aromatic heterocycles. The fourth-order valence-corrected chi connectivity index (χ4v) is 3.26. The molecule has 0 unspecified atom stereocenters. The Balaban J connectivity index is 1.57. The SMILES string of the molecule is C[C@H](NC(=O)COC(=O)c1cc2cc(F)ccc2s1)C1CC1. The fourth-order valence-electron chi connectivity index (χ4n) is 2.33. The molecular formula is C16H16FNO3S. The number of fused-ring (bicyclic) bond motifs is 1. The van der Waals surface area contributed by atoms with Crippen LogP contribution in [0.15, 0.2) is 24.3 Å². The van der Waals surface area contributed by atoms with E-state index in [1.807, 2.05) is 6.92 Å². The number of carbonyl (C=O) groups excluding carboxylic acids is 2. The maximum atomic E-state index is 13.1. The third-order valence-corrected chi connectivity index (χ3v) is 4.83. The first kappa shape index (κ1) is 15.0. The van der Waals surface area contributed by atoms with Gasteiger partial charge in [-0.3, -0.25) is 4.79 Å². The second-order valence-electron chi connectivity index (χ2n) is 5.56. The van der Waals surface area contributed by atoms with E-state index < -0.39 is 5.97 Å². The number of carbonyl (C=O) groups is 2. The summed E-state index contributed by atoms with van der Waals surface area (Å²) in [7, 11) is 0. The molecule has 0 aliphatic heterocycles. The summed E-state index contributed by atoms with van der Waals surface area (Å²) in [5.74, 6) is -0.647. The summed E-state index contributed by atoms with van der Waals surface area (Å²) in [6, 6.07) is 6.04. The molecule has 1 atom stereocenters. The van der Waals surface area contributed by atoms with E-state index in [0.29, 0.717) is 16.2 Å². The van der Waals surface area contributed by atoms with Crippen LogP contribution in [-0.2, 0) is 9.53 Å². The highest BCUT2D eigenvalue weighted by Gasteiger charge is 2.29. The van der Waals surface area contributed by atoms with Crippen LogP contribution in [0.5, 0.6) is 0 Å². The molecule has 2 aromatic rings. The predicted octanol–water partition coefficient (Wildman–Crippen LogP) is 3.11. The van der Waals surface area contributed by atoms with Crippen LogP contribution in [0.1, 0.15) is 29.4 Å². The predicted molar refractivity (Wildman–Crippen MR) is 82.4 cm³/mol. The van der Waals surface area contributed by atoms with E-state index >= 15 is 0 Å². The first-order valence-electron chi connectivity index (χ1n) is 7.18. The van der Waals surface area contributed by atoms with Gasteiger partial charge in [-0.25, -0.2) is 9.18 Å². The molecule has 3 rings (SSSR count). The molecule has 0 spiro atoms. The lowest BCUT2D eigenvalue weighted by Crippen LogP contribution is -2.37. The number of esters is 1. The van der Waals surface area contributed by atoms with E-state index in [2.05, 4.69) is 5.32 Å². The summed E-state index contributed by atoms with van der Waals surface area (Å²) >= 11 is 1.22. The Morgan fingerprint density at radius 2 is 2.18 bits per heavy atom. The van der Waals surface area contributed by atoms with Crippen molar-refractivity contribution in [1.82, 2.24) is 5.32 Å². The first-order valence-corrected chi connectivity index (χ1v) is 8.00. The Labute approximate surface area is 131 Å². The summed E-state index contributed by atoms with van der Waals surface area (Å²) in [4.78, 5) is 24.0. The Kier molecular flexibility index (Phi) is 4.11. The summed E-state index contributed by atoms with van der Waals surface area (Å²) in [6.45, 7) is 1.66. The normalized spacial score (nSPS) is 15.5. The monoisotopic (exact) mass is 321 g/mol. The zero-order chi connectivity index (χ0) is 15.7. The Morgan fingerprint density at radius 3 is 2.91 bits per heavy atom. The molecule has 1 aliphatic carbocycles. The molecular weight excluding hydrogens is 305 g/mol. The van der Waals surface area contributed by atoms with Crippen molar-refractivity contribution in [2.75, 3.05) is 6.61 Å². The zero-order valence-electron chi connectivity index (χ0n) is 12.1. The molecule has 0 bridgehead atoms. The van der Waals surface area contributed by atoms with Crippen LogP contribution in [0, 0.1) is 11.7 Å². The fraction of sp³-hybridized carbons (Fsp3) is 0.375. The number of hydrogen-bond donors (Lipinski definition) is 1. The molecule has 22 heavy (non-hydrogen) atoms. The second kappa shape index (κ2) is 6.04. The standard InChI is InChI=1S/C16H16FNO3S/c1-9(10-2-3-10)18-15(19)8-21-16(20)14-7-11-6-12(17)4-5-13(11)22-14/h4-7,9-10H,2-3,8H2,1H3,(H,18,19)/t9-/m0/s1. The Bertz CT molecular complexity index is 723. The van der Waals surface area contributed by atoms with E-state index in [9.17, 15) is 14.0 Å². The number of halogens is 1. The van der Waals surface area contributed by atoms with Crippen molar-refractivity contribution in [3.8, 4) is 0 Å². The summed E-state index contributed by atoms with van der Waals surface area (Å²) in [5, 5.41) is 3.48. The largest absolute Gasteiger partial charge is 0.451 e. The number of benzene rings is 1. The Hall–Kier alpha value is -1.95. The molecule has 1 aliphatic rings. The molecule has 6 heteroatoms. The van der Waals surface area contributed by atoms with Gasteiger partial charge in [-0.2, -0.15) is 0 Å². The van der Waals surface area contributed by atoms with Gasteiger partial charge in [0, 0.05) is 10.7 Å². The molecule has 1 saturated carbocycles. The minimum atomic E-state index is -0.559. The van der Waals surface area contributed by atoms with Crippen LogP contribution in [-0.4, -0.2) is 24.5 Å². The quantitative estimate of drug-likeness (QED) is 0.861. The number of amides is 1. The topological polar surface area (TPSA) is 55.4 Å². The molecule has 1 aromatic carbocycles. The lowest BCUT2D eigenvalue weighted by molar-refractivity contribution is -0.124. The average Bonchev–Trinajstić information content (AvgIpc) is 3.24. The van der Waals surface area contributed by atoms with Crippen LogP contribution in [0.3, 0.4) is 0 Å². The molecule has 0 saturated heterocycles. The highest BCUT2D eigenvalue weighted by atomic mass is 32.1. The lowest BCUT2D eigenvalue weighted by Gasteiger charge is -2.12. The number of hydrogen-bond acceptors (Lipinski definition) is 4. The van der Waals surface area contributed by atoms with Crippen LogP contribution in [0.2, 0.25) is 0 Å². The van der Waals surface area contributed by atoms with Gasteiger partial charge in [-0.05, 0) is 55.3 Å². The van der Waals surface area contributed by atoms with Gasteiger partial charge in [0.25, 0.3) is 5.91 Å². The van der Waals surface area contributed by atoms with E-state index in [-0.39, 0.29) is 24.4 Å². The van der Waals surface area contributed by atoms with E-state index in [0.717, 1.165) is 17.5 Å². The third-order valence-electron chi connectivity index (χ3n) is 3.73. The van der Waals surface area contributed by atoms with Crippen molar-refractivity contribution in [1.29, 1.82) is 0 Å². The van der Waals surface area contributed by atoms with Gasteiger partial charge >= 0.3 is 5.97 Å². The highest BCUT2D eigenvalue weighted by molar-refractivity contribution is 7.20. The van der Waals surface area contributed by atoms with E-state index in [1.165, 1.54) is 23.5 Å². The molecule has 1 N–H and O–H groups in total. The minimum Gasteiger partial charge on any atom is -0.451 e. The summed E-state index contributed by atoms with van der Waals surface area (Å²) in [6.07, 6.45) is 2.28. The van der Waals surface area contributed by atoms with Gasteiger partial charge in [-0.1, -0.05) is 0 Å². The van der Waals surface area contributed by atoms with Crippen LogP contribution >= 0.6 is 11.3 Å². The number of thiophene rings is 1. The minimum absolute atomic E-state index is 0.124. The third kappa shape index (κ3) is 3.44.